The molecule has 0 saturated carbocycles. The molecule has 1 unspecified atom stereocenters. The van der Waals surface area contributed by atoms with E-state index in [0.717, 1.165) is 37.4 Å². The van der Waals surface area contributed by atoms with Crippen molar-refractivity contribution < 1.29 is 14.6 Å². The van der Waals surface area contributed by atoms with Crippen molar-refractivity contribution in [1.82, 2.24) is 4.90 Å². The summed E-state index contributed by atoms with van der Waals surface area (Å²) in [4.78, 5) is 14.3. The molecule has 0 aliphatic carbocycles. The number of hydrogen-bond donors (Lipinski definition) is 2. The van der Waals surface area contributed by atoms with Crippen LogP contribution in [0, 0.1) is 0 Å². The first kappa shape index (κ1) is 14.8. The van der Waals surface area contributed by atoms with Gasteiger partial charge in [-0.15, -0.1) is 0 Å². The van der Waals surface area contributed by atoms with E-state index in [1.54, 1.807) is 7.11 Å². The molecular formula is C15H22N2O3. The van der Waals surface area contributed by atoms with Gasteiger partial charge in [0.1, 0.15) is 5.75 Å². The van der Waals surface area contributed by atoms with Crippen LogP contribution >= 0.6 is 0 Å². The Bertz CT molecular complexity index is 439. The number of aliphatic hydroxyl groups is 1. The largest absolute Gasteiger partial charge is 0.497 e. The molecule has 1 fully saturated rings. The Morgan fingerprint density at radius 3 is 2.50 bits per heavy atom. The fourth-order valence-corrected chi connectivity index (χ4v) is 2.36. The van der Waals surface area contributed by atoms with Crippen molar-refractivity contribution in [2.45, 2.75) is 31.9 Å². The van der Waals surface area contributed by atoms with Gasteiger partial charge in [0.05, 0.1) is 19.3 Å². The van der Waals surface area contributed by atoms with Crippen LogP contribution in [0.2, 0.25) is 0 Å². The summed E-state index contributed by atoms with van der Waals surface area (Å²) in [6.07, 6.45) is 1.25. The van der Waals surface area contributed by atoms with Crippen LogP contribution in [0.1, 0.15) is 19.8 Å². The van der Waals surface area contributed by atoms with Crippen LogP contribution in [0.4, 0.5) is 5.69 Å². The van der Waals surface area contributed by atoms with Gasteiger partial charge in [-0.25, -0.2) is 0 Å². The van der Waals surface area contributed by atoms with Gasteiger partial charge in [-0.1, -0.05) is 0 Å². The number of carbonyl (C=O) groups is 1. The van der Waals surface area contributed by atoms with Crippen molar-refractivity contribution in [3.8, 4) is 5.75 Å². The number of aliphatic hydroxyl groups excluding tert-OH is 1. The monoisotopic (exact) mass is 278 g/mol. The highest BCUT2D eigenvalue weighted by Gasteiger charge is 2.25. The SMILES string of the molecule is COc1ccc(NC(=O)C(C)N2CCC(O)CC2)cc1. The third-order valence-corrected chi connectivity index (χ3v) is 3.78. The molecule has 1 aromatic carbocycles. The molecule has 1 atom stereocenters. The number of anilines is 1. The van der Waals surface area contributed by atoms with Gasteiger partial charge in [-0.05, 0) is 44.0 Å². The molecule has 1 amide bonds. The van der Waals surface area contributed by atoms with Gasteiger partial charge in [-0.3, -0.25) is 9.69 Å². The Kier molecular flexibility index (Phi) is 4.98. The first-order valence-corrected chi connectivity index (χ1v) is 6.97. The number of rotatable bonds is 4. The first-order valence-electron chi connectivity index (χ1n) is 6.97. The predicted molar refractivity (Wildman–Crippen MR) is 77.9 cm³/mol. The van der Waals surface area contributed by atoms with Crippen molar-refractivity contribution in [2.24, 2.45) is 0 Å². The summed E-state index contributed by atoms with van der Waals surface area (Å²) >= 11 is 0. The van der Waals surface area contributed by atoms with Gasteiger partial charge >= 0.3 is 0 Å². The van der Waals surface area contributed by atoms with Crippen molar-refractivity contribution in [3.63, 3.8) is 0 Å². The third kappa shape index (κ3) is 3.71. The van der Waals surface area contributed by atoms with E-state index in [9.17, 15) is 9.90 Å². The number of piperidine rings is 1. The standard InChI is InChI=1S/C15H22N2O3/c1-11(17-9-7-13(18)8-10-17)15(19)16-12-3-5-14(20-2)6-4-12/h3-6,11,13,18H,7-10H2,1-2H3,(H,16,19). The van der Waals surface area contributed by atoms with Crippen LogP contribution < -0.4 is 10.1 Å². The predicted octanol–water partition coefficient (Wildman–Crippen LogP) is 1.48. The molecule has 1 saturated heterocycles. The third-order valence-electron chi connectivity index (χ3n) is 3.78. The minimum Gasteiger partial charge on any atom is -0.497 e. The molecule has 5 nitrogen and oxygen atoms in total. The number of hydrogen-bond acceptors (Lipinski definition) is 4. The molecular weight excluding hydrogens is 256 g/mol. The summed E-state index contributed by atoms with van der Waals surface area (Å²) in [5, 5.41) is 12.4. The molecule has 0 spiro atoms. The van der Waals surface area contributed by atoms with Crippen molar-refractivity contribution in [3.05, 3.63) is 24.3 Å². The molecule has 0 aromatic heterocycles. The topological polar surface area (TPSA) is 61.8 Å². The molecule has 1 aliphatic rings. The second kappa shape index (κ2) is 6.72. The summed E-state index contributed by atoms with van der Waals surface area (Å²) in [6, 6.07) is 7.09. The Balaban J connectivity index is 1.89. The highest BCUT2D eigenvalue weighted by Crippen LogP contribution is 2.17. The summed E-state index contributed by atoms with van der Waals surface area (Å²) < 4.78 is 5.08. The number of methoxy groups -OCH3 is 1. The normalized spacial score (nSPS) is 18.6. The quantitative estimate of drug-likeness (QED) is 0.875. The lowest BCUT2D eigenvalue weighted by atomic mass is 10.1. The minimum absolute atomic E-state index is 0.0217. The fourth-order valence-electron chi connectivity index (χ4n) is 2.36. The van der Waals surface area contributed by atoms with Crippen LogP contribution in [-0.2, 0) is 4.79 Å². The molecule has 110 valence electrons. The lowest BCUT2D eigenvalue weighted by molar-refractivity contribution is -0.121. The van der Waals surface area contributed by atoms with E-state index in [-0.39, 0.29) is 18.1 Å². The zero-order valence-corrected chi connectivity index (χ0v) is 12.0. The number of amides is 1. The molecule has 0 bridgehead atoms. The number of nitrogens with zero attached hydrogens (tertiary/aromatic N) is 1. The first-order chi connectivity index (χ1) is 9.60. The van der Waals surface area contributed by atoms with E-state index < -0.39 is 0 Å². The number of nitrogens with one attached hydrogen (secondary N) is 1. The van der Waals surface area contributed by atoms with Gasteiger partial charge < -0.3 is 15.2 Å². The van der Waals surface area contributed by atoms with Crippen LogP contribution in [0.15, 0.2) is 24.3 Å². The molecule has 0 radical (unpaired) electrons. The molecule has 5 heteroatoms. The lowest BCUT2D eigenvalue weighted by Crippen LogP contribution is -2.47. The van der Waals surface area contributed by atoms with Crippen LogP contribution in [-0.4, -0.2) is 48.3 Å². The maximum atomic E-state index is 12.2. The fraction of sp³-hybridized carbons (Fsp3) is 0.533. The van der Waals surface area contributed by atoms with Crippen LogP contribution in [0.5, 0.6) is 5.75 Å². The Labute approximate surface area is 119 Å². The van der Waals surface area contributed by atoms with E-state index in [2.05, 4.69) is 10.2 Å². The summed E-state index contributed by atoms with van der Waals surface area (Å²) in [6.45, 7) is 3.42. The number of carbonyl (C=O) groups excluding carboxylic acids is 1. The van der Waals surface area contributed by atoms with E-state index >= 15 is 0 Å². The number of ether oxygens (including phenoxy) is 1. The van der Waals surface area contributed by atoms with Gasteiger partial charge in [0.25, 0.3) is 0 Å². The van der Waals surface area contributed by atoms with Gasteiger partial charge in [0.2, 0.25) is 5.91 Å². The van der Waals surface area contributed by atoms with Crippen LogP contribution in [0.3, 0.4) is 0 Å². The summed E-state index contributed by atoms with van der Waals surface area (Å²) in [5.41, 5.74) is 0.764. The zero-order chi connectivity index (χ0) is 14.5. The maximum Gasteiger partial charge on any atom is 0.241 e. The summed E-state index contributed by atoms with van der Waals surface area (Å²) in [7, 11) is 1.61. The van der Waals surface area contributed by atoms with E-state index in [0.29, 0.717) is 0 Å². The highest BCUT2D eigenvalue weighted by atomic mass is 16.5. The smallest absolute Gasteiger partial charge is 0.241 e. The minimum atomic E-state index is -0.219. The van der Waals surface area contributed by atoms with Crippen molar-refractivity contribution in [1.29, 1.82) is 0 Å². The Morgan fingerprint density at radius 2 is 1.95 bits per heavy atom. The van der Waals surface area contributed by atoms with Crippen LogP contribution in [0.25, 0.3) is 0 Å². The molecule has 1 heterocycles. The second-order valence-corrected chi connectivity index (χ2v) is 5.16. The van der Waals surface area contributed by atoms with Gasteiger partial charge in [0, 0.05) is 18.8 Å². The van der Waals surface area contributed by atoms with Crippen molar-refractivity contribution >= 4 is 11.6 Å². The number of benzene rings is 1. The number of likely N-dealkylation sites (tertiary alicyclic amines) is 1. The average Bonchev–Trinajstić information content (AvgIpc) is 2.48. The Hall–Kier alpha value is -1.59. The average molecular weight is 278 g/mol. The molecule has 2 rings (SSSR count). The van der Waals surface area contributed by atoms with E-state index in [4.69, 9.17) is 4.74 Å². The molecule has 1 aliphatic heterocycles. The van der Waals surface area contributed by atoms with Crippen molar-refractivity contribution in [2.75, 3.05) is 25.5 Å². The van der Waals surface area contributed by atoms with E-state index in [1.807, 2.05) is 31.2 Å². The van der Waals surface area contributed by atoms with E-state index in [1.165, 1.54) is 0 Å². The summed E-state index contributed by atoms with van der Waals surface area (Å²) in [5.74, 6) is 0.743. The zero-order valence-electron chi connectivity index (χ0n) is 12.0. The maximum absolute atomic E-state index is 12.2. The lowest BCUT2D eigenvalue weighted by Gasteiger charge is -2.33. The van der Waals surface area contributed by atoms with Gasteiger partial charge in [-0.2, -0.15) is 0 Å². The van der Waals surface area contributed by atoms with Gasteiger partial charge in [0.15, 0.2) is 0 Å². The second-order valence-electron chi connectivity index (χ2n) is 5.16. The molecule has 1 aromatic rings. The molecule has 2 N–H and O–H groups in total. The Morgan fingerprint density at radius 1 is 1.35 bits per heavy atom. The highest BCUT2D eigenvalue weighted by molar-refractivity contribution is 5.94. The molecule has 20 heavy (non-hydrogen) atoms.